The Morgan fingerprint density at radius 2 is 1.73 bits per heavy atom. The zero-order valence-corrected chi connectivity index (χ0v) is 14.2. The maximum atomic E-state index is 5.45. The van der Waals surface area contributed by atoms with E-state index in [1.807, 2.05) is 6.08 Å². The van der Waals surface area contributed by atoms with Crippen molar-refractivity contribution in [2.45, 2.75) is 27.3 Å². The molecule has 0 N–H and O–H groups in total. The van der Waals surface area contributed by atoms with Gasteiger partial charge in [0.05, 0.1) is 7.11 Å². The molecule has 2 aromatic rings. The zero-order valence-electron chi connectivity index (χ0n) is 14.2. The summed E-state index contributed by atoms with van der Waals surface area (Å²) < 4.78 is 5.45. The summed E-state index contributed by atoms with van der Waals surface area (Å²) in [6, 6.07) is 10.9. The van der Waals surface area contributed by atoms with E-state index in [9.17, 15) is 0 Å². The molecule has 2 aromatic carbocycles. The number of benzene rings is 2. The standard InChI is InChI=1S/C20H25NO/c1-7-17-10-14(2)8-9-18(17)13-21(5)19-11-15(3)20(22-6)16(4)12-19/h7-12H,1,13H2,2-6H3. The molecule has 2 nitrogen and oxygen atoms in total. The molecule has 0 atom stereocenters. The molecule has 0 bridgehead atoms. The molecule has 0 spiro atoms. The molecular weight excluding hydrogens is 270 g/mol. The molecule has 0 saturated carbocycles. The number of nitrogens with zero attached hydrogens (tertiary/aromatic N) is 1. The van der Waals surface area contributed by atoms with Gasteiger partial charge in [-0.1, -0.05) is 36.4 Å². The third-order valence-corrected chi connectivity index (χ3v) is 4.02. The summed E-state index contributed by atoms with van der Waals surface area (Å²) >= 11 is 0. The Bertz CT molecular complexity index is 665. The van der Waals surface area contributed by atoms with Crippen LogP contribution < -0.4 is 9.64 Å². The van der Waals surface area contributed by atoms with Crippen LogP contribution in [0.2, 0.25) is 0 Å². The minimum atomic E-state index is 0.854. The molecule has 0 radical (unpaired) electrons. The average Bonchev–Trinajstić information content (AvgIpc) is 2.48. The van der Waals surface area contributed by atoms with Gasteiger partial charge < -0.3 is 9.64 Å². The molecule has 0 saturated heterocycles. The van der Waals surface area contributed by atoms with Gasteiger partial charge in [0.15, 0.2) is 0 Å². The fraction of sp³-hybridized carbons (Fsp3) is 0.300. The quantitative estimate of drug-likeness (QED) is 0.778. The first-order chi connectivity index (χ1) is 10.5. The molecule has 0 aliphatic carbocycles. The Morgan fingerprint density at radius 1 is 1.09 bits per heavy atom. The van der Waals surface area contributed by atoms with Crippen molar-refractivity contribution in [3.05, 3.63) is 64.7 Å². The molecule has 116 valence electrons. The summed E-state index contributed by atoms with van der Waals surface area (Å²) in [5, 5.41) is 0. The third-order valence-electron chi connectivity index (χ3n) is 4.02. The van der Waals surface area contributed by atoms with Gasteiger partial charge in [-0.3, -0.25) is 0 Å². The summed E-state index contributed by atoms with van der Waals surface area (Å²) in [6.07, 6.45) is 1.93. The van der Waals surface area contributed by atoms with Crippen LogP contribution in [0.25, 0.3) is 6.08 Å². The first kappa shape index (κ1) is 16.2. The van der Waals surface area contributed by atoms with E-state index in [0.717, 1.165) is 23.4 Å². The molecule has 0 unspecified atom stereocenters. The van der Waals surface area contributed by atoms with Crippen molar-refractivity contribution in [3.63, 3.8) is 0 Å². The first-order valence-electron chi connectivity index (χ1n) is 7.54. The van der Waals surface area contributed by atoms with Crippen LogP contribution >= 0.6 is 0 Å². The number of hydrogen-bond acceptors (Lipinski definition) is 2. The lowest BCUT2D eigenvalue weighted by molar-refractivity contribution is 0.408. The first-order valence-corrected chi connectivity index (χ1v) is 7.54. The van der Waals surface area contributed by atoms with Gasteiger partial charge in [-0.2, -0.15) is 0 Å². The molecule has 2 rings (SSSR count). The highest BCUT2D eigenvalue weighted by Gasteiger charge is 2.10. The van der Waals surface area contributed by atoms with E-state index in [4.69, 9.17) is 4.74 Å². The average molecular weight is 295 g/mol. The minimum absolute atomic E-state index is 0.854. The van der Waals surface area contributed by atoms with Crippen LogP contribution in [0.1, 0.15) is 27.8 Å². The van der Waals surface area contributed by atoms with Crippen molar-refractivity contribution in [2.75, 3.05) is 19.1 Å². The fourth-order valence-electron chi connectivity index (χ4n) is 2.86. The monoisotopic (exact) mass is 295 g/mol. The second-order valence-corrected chi connectivity index (χ2v) is 5.88. The van der Waals surface area contributed by atoms with Crippen LogP contribution in [0, 0.1) is 20.8 Å². The number of ether oxygens (including phenoxy) is 1. The van der Waals surface area contributed by atoms with Crippen LogP contribution in [0.3, 0.4) is 0 Å². The van der Waals surface area contributed by atoms with Crippen molar-refractivity contribution >= 4 is 11.8 Å². The van der Waals surface area contributed by atoms with Gasteiger partial charge in [0.25, 0.3) is 0 Å². The Morgan fingerprint density at radius 3 is 2.27 bits per heavy atom. The Labute approximate surface area is 134 Å². The fourth-order valence-corrected chi connectivity index (χ4v) is 2.86. The van der Waals surface area contributed by atoms with Crippen molar-refractivity contribution in [2.24, 2.45) is 0 Å². The lowest BCUT2D eigenvalue weighted by Gasteiger charge is -2.23. The largest absolute Gasteiger partial charge is 0.496 e. The van der Waals surface area contributed by atoms with Gasteiger partial charge in [0.2, 0.25) is 0 Å². The molecular formula is C20H25NO. The lowest BCUT2D eigenvalue weighted by Crippen LogP contribution is -2.17. The van der Waals surface area contributed by atoms with Crippen LogP contribution in [-0.4, -0.2) is 14.2 Å². The van der Waals surface area contributed by atoms with Crippen molar-refractivity contribution in [3.8, 4) is 5.75 Å². The summed E-state index contributed by atoms with van der Waals surface area (Å²) in [5.74, 6) is 0.972. The molecule has 0 amide bonds. The normalized spacial score (nSPS) is 10.4. The lowest BCUT2D eigenvalue weighted by atomic mass is 10.0. The van der Waals surface area contributed by atoms with Crippen LogP contribution in [0.4, 0.5) is 5.69 Å². The molecule has 0 fully saturated rings. The second kappa shape index (κ2) is 6.69. The molecule has 0 aliphatic heterocycles. The maximum absolute atomic E-state index is 5.45. The molecule has 22 heavy (non-hydrogen) atoms. The van der Waals surface area contributed by atoms with Gasteiger partial charge in [0.1, 0.15) is 5.75 Å². The van der Waals surface area contributed by atoms with Gasteiger partial charge in [0, 0.05) is 19.3 Å². The Hall–Kier alpha value is -2.22. The Balaban J connectivity index is 2.30. The minimum Gasteiger partial charge on any atom is -0.496 e. The maximum Gasteiger partial charge on any atom is 0.124 e. The molecule has 0 aromatic heterocycles. The second-order valence-electron chi connectivity index (χ2n) is 5.88. The Kier molecular flexibility index (Phi) is 4.92. The number of rotatable bonds is 5. The van der Waals surface area contributed by atoms with E-state index in [1.165, 1.54) is 22.4 Å². The molecule has 0 heterocycles. The van der Waals surface area contributed by atoms with Gasteiger partial charge in [-0.05, 0) is 55.2 Å². The zero-order chi connectivity index (χ0) is 16.3. The number of anilines is 1. The SMILES string of the molecule is C=Cc1cc(C)ccc1CN(C)c1cc(C)c(OC)c(C)c1. The van der Waals surface area contributed by atoms with E-state index in [-0.39, 0.29) is 0 Å². The number of methoxy groups -OCH3 is 1. The number of hydrogen-bond donors (Lipinski definition) is 0. The topological polar surface area (TPSA) is 12.5 Å². The van der Waals surface area contributed by atoms with Crippen molar-refractivity contribution in [1.29, 1.82) is 0 Å². The van der Waals surface area contributed by atoms with Crippen molar-refractivity contribution in [1.82, 2.24) is 0 Å². The summed E-state index contributed by atoms with van der Waals surface area (Å²) in [5.41, 5.74) is 7.28. The van der Waals surface area contributed by atoms with Crippen molar-refractivity contribution < 1.29 is 4.74 Å². The van der Waals surface area contributed by atoms with Gasteiger partial charge in [-0.25, -0.2) is 0 Å². The predicted octanol–water partition coefficient (Wildman–Crippen LogP) is 4.90. The van der Waals surface area contributed by atoms with Gasteiger partial charge in [-0.15, -0.1) is 0 Å². The van der Waals surface area contributed by atoms with Crippen LogP contribution in [0.5, 0.6) is 5.75 Å². The van der Waals surface area contributed by atoms with Crippen LogP contribution in [0.15, 0.2) is 36.9 Å². The highest BCUT2D eigenvalue weighted by Crippen LogP contribution is 2.29. The van der Waals surface area contributed by atoms with E-state index in [1.54, 1.807) is 7.11 Å². The van der Waals surface area contributed by atoms with E-state index < -0.39 is 0 Å². The number of aryl methyl sites for hydroxylation is 3. The van der Waals surface area contributed by atoms with E-state index >= 15 is 0 Å². The molecule has 0 aliphatic rings. The van der Waals surface area contributed by atoms with Gasteiger partial charge >= 0.3 is 0 Å². The highest BCUT2D eigenvalue weighted by molar-refractivity contribution is 5.58. The summed E-state index contributed by atoms with van der Waals surface area (Å²) in [7, 11) is 3.84. The highest BCUT2D eigenvalue weighted by atomic mass is 16.5. The van der Waals surface area contributed by atoms with E-state index in [2.05, 4.69) is 69.6 Å². The smallest absolute Gasteiger partial charge is 0.124 e. The predicted molar refractivity (Wildman–Crippen MR) is 95.8 cm³/mol. The molecule has 2 heteroatoms. The summed E-state index contributed by atoms with van der Waals surface area (Å²) in [6.45, 7) is 11.1. The van der Waals surface area contributed by atoms with Crippen LogP contribution in [-0.2, 0) is 6.54 Å². The summed E-state index contributed by atoms with van der Waals surface area (Å²) in [4.78, 5) is 2.26. The van der Waals surface area contributed by atoms with E-state index in [0.29, 0.717) is 0 Å². The third kappa shape index (κ3) is 3.33.